The molecule has 0 aliphatic heterocycles. The van der Waals surface area contributed by atoms with Gasteiger partial charge in [0.05, 0.1) is 0 Å². The first-order valence-corrected chi connectivity index (χ1v) is 17.5. The molecular formula is C9H14ClHgNSi. The Morgan fingerprint density at radius 3 is 2.38 bits per heavy atom. The number of para-hydroxylation sites is 1. The van der Waals surface area contributed by atoms with Gasteiger partial charge in [-0.25, -0.2) is 0 Å². The van der Waals surface area contributed by atoms with E-state index in [-0.39, 0.29) is 0 Å². The van der Waals surface area contributed by atoms with Crippen LogP contribution < -0.4 is 8.05 Å². The van der Waals surface area contributed by atoms with E-state index in [1.165, 1.54) is 8.76 Å². The summed E-state index contributed by atoms with van der Waals surface area (Å²) in [6.07, 6.45) is 0. The van der Waals surface area contributed by atoms with E-state index in [0.717, 1.165) is 0 Å². The molecule has 13 heavy (non-hydrogen) atoms. The molecule has 0 fully saturated rings. The summed E-state index contributed by atoms with van der Waals surface area (Å²) in [7, 11) is 4.84. The normalized spacial score (nSPS) is 10.8. The number of benzene rings is 1. The Hall–Kier alpha value is 0.462. The summed E-state index contributed by atoms with van der Waals surface area (Å²) in [6.45, 7) is 6.90. The average Bonchev–Trinajstić information content (AvgIpc) is 2.02. The molecule has 0 amide bonds. The predicted octanol–water partition coefficient (Wildman–Crippen LogP) is 2.80. The Kier molecular flexibility index (Phi) is 4.26. The van der Waals surface area contributed by atoms with Crippen LogP contribution in [0.15, 0.2) is 24.3 Å². The molecule has 1 aromatic rings. The van der Waals surface area contributed by atoms with E-state index in [2.05, 4.69) is 48.9 Å². The molecule has 0 radical (unpaired) electrons. The zero-order chi connectivity index (χ0) is 9.90. The first-order chi connectivity index (χ1) is 6.03. The summed E-state index contributed by atoms with van der Waals surface area (Å²) in [5.74, 6) is 0. The van der Waals surface area contributed by atoms with Crippen LogP contribution in [0.1, 0.15) is 0 Å². The number of hydrogen-bond donors (Lipinski definition) is 1. The van der Waals surface area contributed by atoms with Crippen LogP contribution >= 0.6 is 8.25 Å². The van der Waals surface area contributed by atoms with Gasteiger partial charge in [-0.05, 0) is 0 Å². The molecule has 0 aliphatic rings. The topological polar surface area (TPSA) is 12.0 Å². The van der Waals surface area contributed by atoms with Crippen molar-refractivity contribution in [3.63, 3.8) is 0 Å². The third-order valence-electron chi connectivity index (χ3n) is 1.67. The zero-order valence-electron chi connectivity index (χ0n) is 8.39. The van der Waals surface area contributed by atoms with E-state index in [4.69, 9.17) is 8.25 Å². The van der Waals surface area contributed by atoms with Crippen molar-refractivity contribution in [3.05, 3.63) is 24.3 Å². The average molecular weight is 400 g/mol. The summed E-state index contributed by atoms with van der Waals surface area (Å²) < 4.78 is 1.41. The van der Waals surface area contributed by atoms with Crippen molar-refractivity contribution in [1.82, 2.24) is 0 Å². The Morgan fingerprint density at radius 1 is 1.23 bits per heavy atom. The molecular weight excluding hydrogens is 386 g/mol. The maximum absolute atomic E-state index is 6.06. The van der Waals surface area contributed by atoms with Gasteiger partial charge < -0.3 is 0 Å². The zero-order valence-corrected chi connectivity index (χ0v) is 15.6. The summed E-state index contributed by atoms with van der Waals surface area (Å²) >= 11 is -1.27. The van der Waals surface area contributed by atoms with Crippen LogP contribution in [0.2, 0.25) is 19.6 Å². The van der Waals surface area contributed by atoms with Crippen LogP contribution in [0.5, 0.6) is 0 Å². The Morgan fingerprint density at radius 2 is 1.85 bits per heavy atom. The minimum absolute atomic E-state index is 1.22. The van der Waals surface area contributed by atoms with Crippen LogP contribution in [0, 0.1) is 0 Å². The van der Waals surface area contributed by atoms with Crippen molar-refractivity contribution in [3.8, 4) is 0 Å². The van der Waals surface area contributed by atoms with E-state index in [0.29, 0.717) is 0 Å². The molecule has 1 aromatic carbocycles. The van der Waals surface area contributed by atoms with Gasteiger partial charge in [-0.2, -0.15) is 0 Å². The summed E-state index contributed by atoms with van der Waals surface area (Å²) in [4.78, 5) is 3.61. The fourth-order valence-electron chi connectivity index (χ4n) is 1.16. The van der Waals surface area contributed by atoms with Crippen molar-refractivity contribution >= 4 is 25.2 Å². The van der Waals surface area contributed by atoms with Crippen LogP contribution in [0.25, 0.3) is 0 Å². The monoisotopic (exact) mass is 401 g/mol. The van der Waals surface area contributed by atoms with Gasteiger partial charge in [0, 0.05) is 0 Å². The van der Waals surface area contributed by atoms with Crippen LogP contribution in [0.3, 0.4) is 0 Å². The van der Waals surface area contributed by atoms with Gasteiger partial charge in [0.1, 0.15) is 0 Å². The number of nitrogens with one attached hydrogen (secondary N) is 1. The molecule has 68 valence electrons. The van der Waals surface area contributed by atoms with Crippen LogP contribution in [-0.4, -0.2) is 8.24 Å². The molecule has 0 bridgehead atoms. The van der Waals surface area contributed by atoms with Gasteiger partial charge in [0.25, 0.3) is 0 Å². The first kappa shape index (κ1) is 11.5. The number of anilines is 1. The summed E-state index contributed by atoms with van der Waals surface area (Å²) in [5.41, 5.74) is 1.29. The van der Waals surface area contributed by atoms with E-state index in [1.54, 1.807) is 0 Å². The molecule has 0 saturated heterocycles. The molecule has 0 atom stereocenters. The molecule has 1 rings (SSSR count). The molecule has 4 heteroatoms. The van der Waals surface area contributed by atoms with Gasteiger partial charge in [-0.3, -0.25) is 0 Å². The van der Waals surface area contributed by atoms with E-state index in [1.807, 2.05) is 0 Å². The molecule has 0 saturated carbocycles. The standard InChI is InChI=1S/C9H14NSi.ClH.Hg/c1-11(2,3)10-9-7-5-4-6-8-9;;/h4-7,10H,1-3H3;1H;/q;;+1/p-1. The number of hydrogen-bond acceptors (Lipinski definition) is 1. The minimum atomic E-state index is -1.27. The maximum atomic E-state index is 6.06. The Labute approximate surface area is 96.8 Å². The van der Waals surface area contributed by atoms with Crippen molar-refractivity contribution < 1.29 is 23.3 Å². The van der Waals surface area contributed by atoms with Gasteiger partial charge in [0.15, 0.2) is 0 Å². The fourth-order valence-corrected chi connectivity index (χ4v) is 7.18. The molecule has 0 heterocycles. The van der Waals surface area contributed by atoms with E-state index in [9.17, 15) is 0 Å². The van der Waals surface area contributed by atoms with Crippen molar-refractivity contribution in [1.29, 1.82) is 0 Å². The van der Waals surface area contributed by atoms with Gasteiger partial charge in [0.2, 0.25) is 0 Å². The Balaban J connectivity index is 2.87. The van der Waals surface area contributed by atoms with Gasteiger partial charge in [-0.15, -0.1) is 0 Å². The third-order valence-corrected chi connectivity index (χ3v) is 8.73. The summed E-state index contributed by atoms with van der Waals surface area (Å²) in [6, 6.07) is 8.46. The molecule has 0 aromatic heterocycles. The second-order valence-electron chi connectivity index (χ2n) is 4.17. The van der Waals surface area contributed by atoms with Crippen LogP contribution in [-0.2, 0) is 23.3 Å². The second-order valence-corrected chi connectivity index (χ2v) is 15.3. The van der Waals surface area contributed by atoms with Crippen molar-refractivity contribution in [2.24, 2.45) is 0 Å². The molecule has 0 unspecified atom stereocenters. The fraction of sp³-hybridized carbons (Fsp3) is 0.333. The quantitative estimate of drug-likeness (QED) is 0.770. The van der Waals surface area contributed by atoms with Crippen molar-refractivity contribution in [2.45, 2.75) is 19.6 Å². The van der Waals surface area contributed by atoms with Crippen LogP contribution in [0.4, 0.5) is 5.69 Å². The third kappa shape index (κ3) is 4.00. The second kappa shape index (κ2) is 4.80. The molecule has 0 aliphatic carbocycles. The van der Waals surface area contributed by atoms with E-state index < -0.39 is 31.6 Å². The first-order valence-electron chi connectivity index (χ1n) is 4.45. The van der Waals surface area contributed by atoms with Gasteiger partial charge >= 0.3 is 97.5 Å². The molecule has 1 nitrogen and oxygen atoms in total. The summed E-state index contributed by atoms with van der Waals surface area (Å²) in [5, 5.41) is 0. The Bertz CT molecular complexity index is 285. The number of rotatable bonds is 3. The molecule has 1 N–H and O–H groups in total. The van der Waals surface area contributed by atoms with Gasteiger partial charge in [-0.1, -0.05) is 0 Å². The van der Waals surface area contributed by atoms with Crippen molar-refractivity contribution in [2.75, 3.05) is 4.98 Å². The SMILES string of the molecule is C[Si](C)(C)Nc1cccc[c]1[Hg][Cl]. The van der Waals surface area contributed by atoms with E-state index >= 15 is 0 Å². The number of halogens is 1. The molecule has 0 spiro atoms. The predicted molar refractivity (Wildman–Crippen MR) is 58.9 cm³/mol.